The topological polar surface area (TPSA) is 81.9 Å². The minimum atomic E-state index is -3.43. The van der Waals surface area contributed by atoms with Crippen LogP contribution >= 0.6 is 0 Å². The van der Waals surface area contributed by atoms with Gasteiger partial charge in [0.05, 0.1) is 23.2 Å². The zero-order valence-corrected chi connectivity index (χ0v) is 17.4. The van der Waals surface area contributed by atoms with E-state index in [9.17, 15) is 17.6 Å². The van der Waals surface area contributed by atoms with Gasteiger partial charge in [0.25, 0.3) is 5.56 Å². The molecule has 0 radical (unpaired) electrons. The first-order valence-corrected chi connectivity index (χ1v) is 11.3. The Morgan fingerprint density at radius 3 is 2.35 bits per heavy atom. The number of nitrogens with zero attached hydrogens (tertiary/aromatic N) is 3. The molecule has 0 saturated heterocycles. The molecular weight excluding hydrogens is 417 g/mol. The van der Waals surface area contributed by atoms with Gasteiger partial charge in [0, 0.05) is 24.2 Å². The van der Waals surface area contributed by atoms with E-state index < -0.39 is 15.7 Å². The SMILES string of the molecule is CS(=O)(=O)c1cccc(-c2cnn(Cc3ccncc3)c(=O)c2-c2ccc(F)cc2)c1. The number of rotatable bonds is 5. The van der Waals surface area contributed by atoms with Gasteiger partial charge in [0.2, 0.25) is 0 Å². The second kappa shape index (κ2) is 8.23. The molecule has 2 aromatic heterocycles. The van der Waals surface area contributed by atoms with Gasteiger partial charge in [0.15, 0.2) is 9.84 Å². The van der Waals surface area contributed by atoms with Gasteiger partial charge in [-0.25, -0.2) is 17.5 Å². The van der Waals surface area contributed by atoms with Crippen LogP contribution in [0.25, 0.3) is 22.3 Å². The predicted octanol–water partition coefficient (Wildman–Crippen LogP) is 3.56. The molecule has 0 bridgehead atoms. The molecule has 0 aliphatic rings. The van der Waals surface area contributed by atoms with E-state index in [-0.39, 0.29) is 17.0 Å². The third-order valence-electron chi connectivity index (χ3n) is 4.83. The van der Waals surface area contributed by atoms with Gasteiger partial charge < -0.3 is 0 Å². The molecule has 6 nitrogen and oxygen atoms in total. The van der Waals surface area contributed by atoms with Crippen molar-refractivity contribution in [2.45, 2.75) is 11.4 Å². The molecule has 0 spiro atoms. The molecular formula is C23H18FN3O3S. The van der Waals surface area contributed by atoms with Gasteiger partial charge in [-0.15, -0.1) is 0 Å². The fourth-order valence-electron chi connectivity index (χ4n) is 3.27. The highest BCUT2D eigenvalue weighted by atomic mass is 32.2. The third-order valence-corrected chi connectivity index (χ3v) is 5.94. The lowest BCUT2D eigenvalue weighted by molar-refractivity contribution is 0.602. The maximum absolute atomic E-state index is 13.5. The molecule has 0 amide bonds. The highest BCUT2D eigenvalue weighted by Crippen LogP contribution is 2.30. The molecule has 4 aromatic rings. The van der Waals surface area contributed by atoms with E-state index in [1.54, 1.807) is 36.7 Å². The van der Waals surface area contributed by atoms with Crippen molar-refractivity contribution in [2.75, 3.05) is 6.26 Å². The monoisotopic (exact) mass is 435 g/mol. The standard InChI is InChI=1S/C23H18FN3O3S/c1-31(29,30)20-4-2-3-18(13-20)21-14-26-27(15-16-9-11-25-12-10-16)23(28)22(21)17-5-7-19(24)8-6-17/h2-14H,15H2,1H3. The summed E-state index contributed by atoms with van der Waals surface area (Å²) in [5.41, 5.74) is 2.30. The van der Waals surface area contributed by atoms with Crippen LogP contribution in [-0.2, 0) is 16.4 Å². The highest BCUT2D eigenvalue weighted by Gasteiger charge is 2.17. The van der Waals surface area contributed by atoms with Crippen molar-refractivity contribution in [2.24, 2.45) is 0 Å². The zero-order chi connectivity index (χ0) is 22.0. The van der Waals surface area contributed by atoms with Gasteiger partial charge in [-0.05, 0) is 53.1 Å². The summed E-state index contributed by atoms with van der Waals surface area (Å²) < 4.78 is 38.8. The number of aromatic nitrogens is 3. The largest absolute Gasteiger partial charge is 0.275 e. The van der Waals surface area contributed by atoms with Crippen LogP contribution in [0.3, 0.4) is 0 Å². The lowest BCUT2D eigenvalue weighted by Crippen LogP contribution is -2.25. The Balaban J connectivity index is 1.92. The number of pyridine rings is 1. The molecule has 0 unspecified atom stereocenters. The average Bonchev–Trinajstić information content (AvgIpc) is 2.76. The van der Waals surface area contributed by atoms with Gasteiger partial charge in [-0.1, -0.05) is 24.3 Å². The second-order valence-corrected chi connectivity index (χ2v) is 9.07. The molecule has 0 aliphatic carbocycles. The van der Waals surface area contributed by atoms with Crippen LogP contribution in [0.4, 0.5) is 4.39 Å². The van der Waals surface area contributed by atoms with E-state index in [4.69, 9.17) is 0 Å². The van der Waals surface area contributed by atoms with Gasteiger partial charge in [-0.2, -0.15) is 5.10 Å². The molecule has 156 valence electrons. The van der Waals surface area contributed by atoms with E-state index >= 15 is 0 Å². The normalized spacial score (nSPS) is 11.4. The summed E-state index contributed by atoms with van der Waals surface area (Å²) in [6.07, 6.45) is 5.92. The van der Waals surface area contributed by atoms with Crippen molar-refractivity contribution in [3.63, 3.8) is 0 Å². The van der Waals surface area contributed by atoms with Gasteiger partial charge in [0.1, 0.15) is 5.82 Å². The summed E-state index contributed by atoms with van der Waals surface area (Å²) in [6, 6.07) is 15.5. The van der Waals surface area contributed by atoms with Crippen LogP contribution in [-0.4, -0.2) is 29.4 Å². The highest BCUT2D eigenvalue weighted by molar-refractivity contribution is 7.90. The first-order chi connectivity index (χ1) is 14.8. The zero-order valence-electron chi connectivity index (χ0n) is 16.6. The molecule has 0 aliphatic heterocycles. The first-order valence-electron chi connectivity index (χ1n) is 9.38. The molecule has 2 aromatic carbocycles. The molecule has 31 heavy (non-hydrogen) atoms. The molecule has 0 atom stereocenters. The molecule has 2 heterocycles. The Bertz CT molecular complexity index is 1400. The third kappa shape index (κ3) is 4.44. The van der Waals surface area contributed by atoms with Crippen molar-refractivity contribution < 1.29 is 12.8 Å². The summed E-state index contributed by atoms with van der Waals surface area (Å²) in [7, 11) is -3.43. The number of halogens is 1. The minimum Gasteiger partial charge on any atom is -0.267 e. The van der Waals surface area contributed by atoms with Crippen LogP contribution in [0.2, 0.25) is 0 Å². The van der Waals surface area contributed by atoms with E-state index in [1.807, 2.05) is 0 Å². The fourth-order valence-corrected chi connectivity index (χ4v) is 3.94. The maximum Gasteiger partial charge on any atom is 0.275 e. The van der Waals surface area contributed by atoms with E-state index in [0.717, 1.165) is 11.8 Å². The van der Waals surface area contributed by atoms with Crippen molar-refractivity contribution in [1.29, 1.82) is 0 Å². The summed E-state index contributed by atoms with van der Waals surface area (Å²) in [4.78, 5) is 17.5. The summed E-state index contributed by atoms with van der Waals surface area (Å²) in [5, 5.41) is 4.31. The van der Waals surface area contributed by atoms with Gasteiger partial charge in [-0.3, -0.25) is 9.78 Å². The quantitative estimate of drug-likeness (QED) is 0.479. The first kappa shape index (κ1) is 20.6. The smallest absolute Gasteiger partial charge is 0.267 e. The van der Waals surface area contributed by atoms with Crippen LogP contribution in [0.1, 0.15) is 5.56 Å². The summed E-state index contributed by atoms with van der Waals surface area (Å²) in [5.74, 6) is -0.421. The summed E-state index contributed by atoms with van der Waals surface area (Å²) in [6.45, 7) is 0.235. The minimum absolute atomic E-state index is 0.135. The Morgan fingerprint density at radius 2 is 1.68 bits per heavy atom. The molecule has 0 N–H and O–H groups in total. The van der Waals surface area contributed by atoms with E-state index in [2.05, 4.69) is 10.1 Å². The van der Waals surface area contributed by atoms with Gasteiger partial charge >= 0.3 is 0 Å². The number of hydrogen-bond acceptors (Lipinski definition) is 5. The average molecular weight is 435 g/mol. The Morgan fingerprint density at radius 1 is 0.968 bits per heavy atom. The fraction of sp³-hybridized carbons (Fsp3) is 0.0870. The summed E-state index contributed by atoms with van der Waals surface area (Å²) >= 11 is 0. The van der Waals surface area contributed by atoms with Crippen LogP contribution < -0.4 is 5.56 Å². The second-order valence-electron chi connectivity index (χ2n) is 7.06. The maximum atomic E-state index is 13.5. The van der Waals surface area contributed by atoms with Crippen molar-refractivity contribution in [3.05, 3.63) is 101 Å². The van der Waals surface area contributed by atoms with E-state index in [0.29, 0.717) is 22.3 Å². The molecule has 8 heteroatoms. The number of sulfone groups is 1. The molecule has 4 rings (SSSR count). The Hall–Kier alpha value is -3.65. The molecule has 0 fully saturated rings. The lowest BCUT2D eigenvalue weighted by Gasteiger charge is -2.13. The van der Waals surface area contributed by atoms with Crippen LogP contribution in [0.5, 0.6) is 0 Å². The van der Waals surface area contributed by atoms with Crippen LogP contribution in [0.15, 0.2) is 88.9 Å². The Labute approximate surface area is 178 Å². The molecule has 0 saturated carbocycles. The lowest BCUT2D eigenvalue weighted by atomic mass is 9.97. The van der Waals surface area contributed by atoms with Crippen LogP contribution in [0, 0.1) is 5.82 Å². The Kier molecular flexibility index (Phi) is 5.48. The number of benzene rings is 2. The number of hydrogen-bond donors (Lipinski definition) is 0. The van der Waals surface area contributed by atoms with Crippen molar-refractivity contribution >= 4 is 9.84 Å². The van der Waals surface area contributed by atoms with E-state index in [1.165, 1.54) is 47.3 Å². The van der Waals surface area contributed by atoms with Crippen molar-refractivity contribution in [3.8, 4) is 22.3 Å². The predicted molar refractivity (Wildman–Crippen MR) is 116 cm³/mol. The van der Waals surface area contributed by atoms with Crippen molar-refractivity contribution in [1.82, 2.24) is 14.8 Å².